The van der Waals surface area contributed by atoms with Crippen LogP contribution in [0.25, 0.3) is 0 Å². The number of amides is 1. The largest absolute Gasteiger partial charge is 0.491 e. The average Bonchev–Trinajstić information content (AvgIpc) is 2.53. The van der Waals surface area contributed by atoms with Crippen molar-refractivity contribution in [1.29, 1.82) is 0 Å². The molecule has 0 radical (unpaired) electrons. The Labute approximate surface area is 109 Å². The third-order valence-corrected chi connectivity index (χ3v) is 3.75. The van der Waals surface area contributed by atoms with Gasteiger partial charge in [-0.1, -0.05) is 19.1 Å². The summed E-state index contributed by atoms with van der Waals surface area (Å²) >= 11 is 0. The van der Waals surface area contributed by atoms with Crippen molar-refractivity contribution in [3.8, 4) is 5.75 Å². The van der Waals surface area contributed by atoms with E-state index in [-0.39, 0.29) is 23.5 Å². The summed E-state index contributed by atoms with van der Waals surface area (Å²) in [6.45, 7) is 8.21. The Morgan fingerprint density at radius 2 is 1.94 bits per heavy atom. The van der Waals surface area contributed by atoms with E-state index in [9.17, 15) is 4.79 Å². The standard InChI is InChI=1S/C15H21NO2/c1-10(2)18-13-7-5-12(6-8-13)15(4)9-14(17)16-11(15)3/h5-8,10-11H,9H2,1-4H3,(H,16,17). The van der Waals surface area contributed by atoms with E-state index in [1.54, 1.807) is 0 Å². The van der Waals surface area contributed by atoms with Crippen LogP contribution >= 0.6 is 0 Å². The highest BCUT2D eigenvalue weighted by atomic mass is 16.5. The summed E-state index contributed by atoms with van der Waals surface area (Å²) in [5.74, 6) is 1.01. The number of rotatable bonds is 3. The molecule has 1 aliphatic heterocycles. The van der Waals surface area contributed by atoms with Crippen molar-refractivity contribution in [3.05, 3.63) is 29.8 Å². The lowest BCUT2D eigenvalue weighted by Crippen LogP contribution is -2.35. The van der Waals surface area contributed by atoms with E-state index < -0.39 is 0 Å². The highest BCUT2D eigenvalue weighted by Gasteiger charge is 2.41. The molecule has 1 aromatic carbocycles. The van der Waals surface area contributed by atoms with Crippen LogP contribution in [0.1, 0.15) is 39.7 Å². The van der Waals surface area contributed by atoms with Gasteiger partial charge in [-0.25, -0.2) is 0 Å². The Bertz CT molecular complexity index is 438. The maximum Gasteiger partial charge on any atom is 0.221 e. The van der Waals surface area contributed by atoms with Gasteiger partial charge in [-0.2, -0.15) is 0 Å². The predicted octanol–water partition coefficient (Wildman–Crippen LogP) is 2.64. The second-order valence-electron chi connectivity index (χ2n) is 5.57. The van der Waals surface area contributed by atoms with Gasteiger partial charge < -0.3 is 10.1 Å². The number of nitrogens with one attached hydrogen (secondary N) is 1. The third-order valence-electron chi connectivity index (χ3n) is 3.75. The second kappa shape index (κ2) is 4.63. The molecule has 2 atom stereocenters. The lowest BCUT2D eigenvalue weighted by molar-refractivity contribution is -0.119. The Morgan fingerprint density at radius 1 is 1.33 bits per heavy atom. The molecule has 1 amide bonds. The van der Waals surface area contributed by atoms with Gasteiger partial charge in [0.05, 0.1) is 6.10 Å². The minimum absolute atomic E-state index is 0.118. The summed E-state index contributed by atoms with van der Waals surface area (Å²) in [7, 11) is 0. The molecule has 1 fully saturated rings. The highest BCUT2D eigenvalue weighted by molar-refractivity contribution is 5.81. The molecule has 0 bridgehead atoms. The lowest BCUT2D eigenvalue weighted by atomic mass is 9.77. The van der Waals surface area contributed by atoms with Crippen LogP contribution in [-0.2, 0) is 10.2 Å². The van der Waals surface area contributed by atoms with Crippen molar-refractivity contribution < 1.29 is 9.53 Å². The van der Waals surface area contributed by atoms with Gasteiger partial charge in [-0.05, 0) is 38.5 Å². The molecule has 0 aromatic heterocycles. The van der Waals surface area contributed by atoms with Gasteiger partial charge >= 0.3 is 0 Å². The Morgan fingerprint density at radius 3 is 2.39 bits per heavy atom. The van der Waals surface area contributed by atoms with E-state index in [1.165, 1.54) is 5.56 Å². The van der Waals surface area contributed by atoms with E-state index in [1.807, 2.05) is 26.0 Å². The van der Waals surface area contributed by atoms with Crippen LogP contribution in [0.4, 0.5) is 0 Å². The maximum absolute atomic E-state index is 11.5. The monoisotopic (exact) mass is 247 g/mol. The molecule has 1 saturated heterocycles. The number of carbonyl (C=O) groups is 1. The smallest absolute Gasteiger partial charge is 0.221 e. The first kappa shape index (κ1) is 12.9. The van der Waals surface area contributed by atoms with Gasteiger partial charge in [-0.3, -0.25) is 4.79 Å². The minimum atomic E-state index is -0.118. The normalized spacial score (nSPS) is 27.4. The lowest BCUT2D eigenvalue weighted by Gasteiger charge is -2.28. The molecule has 0 spiro atoms. The van der Waals surface area contributed by atoms with Crippen LogP contribution < -0.4 is 10.1 Å². The number of hydrogen-bond acceptors (Lipinski definition) is 2. The number of hydrogen-bond donors (Lipinski definition) is 1. The van der Waals surface area contributed by atoms with Crippen molar-refractivity contribution in [2.75, 3.05) is 0 Å². The van der Waals surface area contributed by atoms with Gasteiger partial charge in [-0.15, -0.1) is 0 Å². The number of ether oxygens (including phenoxy) is 1. The first-order valence-electron chi connectivity index (χ1n) is 6.48. The van der Waals surface area contributed by atoms with Crippen LogP contribution in [0.15, 0.2) is 24.3 Å². The average molecular weight is 247 g/mol. The van der Waals surface area contributed by atoms with Gasteiger partial charge in [0.2, 0.25) is 5.91 Å². The van der Waals surface area contributed by atoms with E-state index >= 15 is 0 Å². The van der Waals surface area contributed by atoms with Crippen molar-refractivity contribution in [2.45, 2.75) is 51.7 Å². The van der Waals surface area contributed by atoms with E-state index in [4.69, 9.17) is 4.74 Å². The molecule has 0 saturated carbocycles. The summed E-state index contributed by atoms with van der Waals surface area (Å²) in [6, 6.07) is 8.26. The highest BCUT2D eigenvalue weighted by Crippen LogP contribution is 2.36. The molecule has 1 N–H and O–H groups in total. The van der Waals surface area contributed by atoms with Crippen molar-refractivity contribution >= 4 is 5.91 Å². The predicted molar refractivity (Wildman–Crippen MR) is 71.8 cm³/mol. The molecule has 1 aliphatic rings. The molecule has 1 heterocycles. The number of carbonyl (C=O) groups excluding carboxylic acids is 1. The molecule has 98 valence electrons. The molecule has 2 unspecified atom stereocenters. The Hall–Kier alpha value is -1.51. The Balaban J connectivity index is 2.21. The van der Waals surface area contributed by atoms with Gasteiger partial charge in [0.1, 0.15) is 5.75 Å². The van der Waals surface area contributed by atoms with Crippen molar-refractivity contribution in [3.63, 3.8) is 0 Å². The van der Waals surface area contributed by atoms with Crippen LogP contribution in [0.3, 0.4) is 0 Å². The van der Waals surface area contributed by atoms with Crippen LogP contribution in [0.5, 0.6) is 5.75 Å². The molecule has 0 aliphatic carbocycles. The van der Waals surface area contributed by atoms with Crippen LogP contribution in [0, 0.1) is 0 Å². The zero-order chi connectivity index (χ0) is 13.3. The molecule has 1 aromatic rings. The summed E-state index contributed by atoms with van der Waals surface area (Å²) in [6.07, 6.45) is 0.735. The molecule has 3 nitrogen and oxygen atoms in total. The molecular formula is C15H21NO2. The van der Waals surface area contributed by atoms with Gasteiger partial charge in [0.25, 0.3) is 0 Å². The summed E-state index contributed by atoms with van der Waals surface area (Å²) < 4.78 is 5.63. The van der Waals surface area contributed by atoms with Crippen molar-refractivity contribution in [2.24, 2.45) is 0 Å². The quantitative estimate of drug-likeness (QED) is 0.891. The topological polar surface area (TPSA) is 38.3 Å². The second-order valence-corrected chi connectivity index (χ2v) is 5.57. The van der Waals surface area contributed by atoms with E-state index in [2.05, 4.69) is 31.3 Å². The van der Waals surface area contributed by atoms with Gasteiger partial charge in [0.15, 0.2) is 0 Å². The summed E-state index contributed by atoms with van der Waals surface area (Å²) in [4.78, 5) is 11.5. The first-order valence-corrected chi connectivity index (χ1v) is 6.48. The fourth-order valence-corrected chi connectivity index (χ4v) is 2.48. The summed E-state index contributed by atoms with van der Waals surface area (Å²) in [5.41, 5.74) is 1.07. The SMILES string of the molecule is CC(C)Oc1ccc(C2(C)CC(=O)NC2C)cc1. The van der Waals surface area contributed by atoms with Gasteiger partial charge in [0, 0.05) is 17.9 Å². The van der Waals surface area contributed by atoms with E-state index in [0.29, 0.717) is 6.42 Å². The zero-order valence-corrected chi connectivity index (χ0v) is 11.5. The van der Waals surface area contributed by atoms with Crippen LogP contribution in [-0.4, -0.2) is 18.1 Å². The minimum Gasteiger partial charge on any atom is -0.491 e. The molecule has 2 rings (SSSR count). The fourth-order valence-electron chi connectivity index (χ4n) is 2.48. The molecule has 3 heteroatoms. The first-order chi connectivity index (χ1) is 8.41. The van der Waals surface area contributed by atoms with Crippen LogP contribution in [0.2, 0.25) is 0 Å². The van der Waals surface area contributed by atoms with E-state index in [0.717, 1.165) is 5.75 Å². The molecular weight excluding hydrogens is 226 g/mol. The summed E-state index contributed by atoms with van der Waals surface area (Å²) in [5, 5.41) is 2.98. The maximum atomic E-state index is 11.5. The zero-order valence-electron chi connectivity index (χ0n) is 11.5. The van der Waals surface area contributed by atoms with Crippen molar-refractivity contribution in [1.82, 2.24) is 5.32 Å². The molecule has 18 heavy (non-hydrogen) atoms. The third kappa shape index (κ3) is 2.35. The fraction of sp³-hybridized carbons (Fsp3) is 0.533. The Kier molecular flexibility index (Phi) is 3.33. The number of benzene rings is 1.